The van der Waals surface area contributed by atoms with Crippen molar-refractivity contribution in [1.82, 2.24) is 0 Å². The Morgan fingerprint density at radius 2 is 1.76 bits per heavy atom. The lowest BCUT2D eigenvalue weighted by atomic mass is 9.75. The molecule has 0 radical (unpaired) electrons. The van der Waals surface area contributed by atoms with Gasteiger partial charge in [-0.2, -0.15) is 0 Å². The van der Waals surface area contributed by atoms with Gasteiger partial charge >= 0.3 is 0 Å². The SMILES string of the molecule is CC(C)C(C)C(O)c1ccccc1C1CCC1. The van der Waals surface area contributed by atoms with Gasteiger partial charge in [-0.15, -0.1) is 0 Å². The summed E-state index contributed by atoms with van der Waals surface area (Å²) in [5.74, 6) is 1.52. The fourth-order valence-electron chi connectivity index (χ4n) is 2.52. The van der Waals surface area contributed by atoms with Gasteiger partial charge in [0.2, 0.25) is 0 Å². The van der Waals surface area contributed by atoms with E-state index >= 15 is 0 Å². The van der Waals surface area contributed by atoms with Crippen molar-refractivity contribution in [2.24, 2.45) is 11.8 Å². The van der Waals surface area contributed by atoms with Crippen LogP contribution in [0.3, 0.4) is 0 Å². The lowest BCUT2D eigenvalue weighted by Crippen LogP contribution is -2.19. The zero-order valence-corrected chi connectivity index (χ0v) is 11.2. The lowest BCUT2D eigenvalue weighted by Gasteiger charge is -2.31. The smallest absolute Gasteiger partial charge is 0.0820 e. The second kappa shape index (κ2) is 5.22. The van der Waals surface area contributed by atoms with Gasteiger partial charge in [-0.05, 0) is 41.7 Å². The van der Waals surface area contributed by atoms with Crippen LogP contribution < -0.4 is 0 Å². The Kier molecular flexibility index (Phi) is 3.88. The van der Waals surface area contributed by atoms with Crippen LogP contribution in [0.1, 0.15) is 63.2 Å². The van der Waals surface area contributed by atoms with Crippen molar-refractivity contribution in [1.29, 1.82) is 0 Å². The van der Waals surface area contributed by atoms with Crippen molar-refractivity contribution in [2.45, 2.75) is 52.1 Å². The molecular weight excluding hydrogens is 208 g/mol. The Hall–Kier alpha value is -0.820. The van der Waals surface area contributed by atoms with Crippen molar-refractivity contribution in [3.63, 3.8) is 0 Å². The number of hydrogen-bond acceptors (Lipinski definition) is 1. The first-order chi connectivity index (χ1) is 8.11. The molecular formula is C16H24O. The molecule has 0 aromatic heterocycles. The van der Waals surface area contributed by atoms with Gasteiger partial charge in [-0.3, -0.25) is 0 Å². The summed E-state index contributed by atoms with van der Waals surface area (Å²) in [5, 5.41) is 10.5. The van der Waals surface area contributed by atoms with Crippen LogP contribution in [-0.2, 0) is 0 Å². The second-order valence-electron chi connectivity index (χ2n) is 5.80. The van der Waals surface area contributed by atoms with Crippen molar-refractivity contribution in [3.05, 3.63) is 35.4 Å². The van der Waals surface area contributed by atoms with E-state index in [1.54, 1.807) is 0 Å². The fourth-order valence-corrected chi connectivity index (χ4v) is 2.52. The van der Waals surface area contributed by atoms with Crippen LogP contribution in [-0.4, -0.2) is 5.11 Å². The van der Waals surface area contributed by atoms with Gasteiger partial charge in [-0.1, -0.05) is 51.5 Å². The Morgan fingerprint density at radius 3 is 2.29 bits per heavy atom. The zero-order valence-electron chi connectivity index (χ0n) is 11.2. The first-order valence-corrected chi connectivity index (χ1v) is 6.88. The average Bonchev–Trinajstić information content (AvgIpc) is 2.25. The van der Waals surface area contributed by atoms with Gasteiger partial charge in [0.05, 0.1) is 6.10 Å². The molecule has 0 spiro atoms. The highest BCUT2D eigenvalue weighted by Crippen LogP contribution is 2.41. The van der Waals surface area contributed by atoms with Gasteiger partial charge in [0.15, 0.2) is 0 Å². The Morgan fingerprint density at radius 1 is 1.12 bits per heavy atom. The van der Waals surface area contributed by atoms with Crippen LogP contribution in [0, 0.1) is 11.8 Å². The van der Waals surface area contributed by atoms with Crippen LogP contribution in [0.25, 0.3) is 0 Å². The average molecular weight is 232 g/mol. The van der Waals surface area contributed by atoms with Crippen LogP contribution in [0.4, 0.5) is 0 Å². The highest BCUT2D eigenvalue weighted by molar-refractivity contribution is 5.33. The van der Waals surface area contributed by atoms with Crippen molar-refractivity contribution >= 4 is 0 Å². The minimum atomic E-state index is -0.313. The second-order valence-corrected chi connectivity index (χ2v) is 5.80. The molecule has 2 rings (SSSR count). The molecule has 0 bridgehead atoms. The van der Waals surface area contributed by atoms with E-state index in [1.807, 2.05) is 6.07 Å². The van der Waals surface area contributed by atoms with Crippen LogP contribution in [0.5, 0.6) is 0 Å². The van der Waals surface area contributed by atoms with E-state index in [-0.39, 0.29) is 6.10 Å². The molecule has 0 aliphatic heterocycles. The summed E-state index contributed by atoms with van der Waals surface area (Å²) < 4.78 is 0. The summed E-state index contributed by atoms with van der Waals surface area (Å²) >= 11 is 0. The number of hydrogen-bond donors (Lipinski definition) is 1. The molecule has 1 heteroatoms. The molecule has 17 heavy (non-hydrogen) atoms. The van der Waals surface area contributed by atoms with Crippen molar-refractivity contribution < 1.29 is 5.11 Å². The minimum Gasteiger partial charge on any atom is -0.388 e. The molecule has 1 N–H and O–H groups in total. The number of aliphatic hydroxyl groups is 1. The molecule has 1 fully saturated rings. The van der Waals surface area contributed by atoms with E-state index in [1.165, 1.54) is 30.4 Å². The third-order valence-electron chi connectivity index (χ3n) is 4.41. The zero-order chi connectivity index (χ0) is 12.4. The maximum Gasteiger partial charge on any atom is 0.0820 e. The van der Waals surface area contributed by atoms with Gasteiger partial charge in [0.1, 0.15) is 0 Å². The van der Waals surface area contributed by atoms with Crippen molar-refractivity contribution in [2.75, 3.05) is 0 Å². The van der Waals surface area contributed by atoms with E-state index in [4.69, 9.17) is 0 Å². The first-order valence-electron chi connectivity index (χ1n) is 6.88. The molecule has 1 aromatic carbocycles. The Labute approximate surface area is 105 Å². The topological polar surface area (TPSA) is 20.2 Å². The molecule has 1 aliphatic rings. The molecule has 0 saturated heterocycles. The first kappa shape index (κ1) is 12.6. The molecule has 94 valence electrons. The maximum atomic E-state index is 10.5. The Bertz CT molecular complexity index is 366. The monoisotopic (exact) mass is 232 g/mol. The van der Waals surface area contributed by atoms with Gasteiger partial charge in [-0.25, -0.2) is 0 Å². The van der Waals surface area contributed by atoms with E-state index in [0.29, 0.717) is 17.8 Å². The summed E-state index contributed by atoms with van der Waals surface area (Å²) in [5.41, 5.74) is 2.55. The molecule has 2 unspecified atom stereocenters. The third kappa shape index (κ3) is 2.55. The lowest BCUT2D eigenvalue weighted by molar-refractivity contribution is 0.0904. The predicted molar refractivity (Wildman–Crippen MR) is 72.0 cm³/mol. The summed E-state index contributed by atoms with van der Waals surface area (Å²) in [4.78, 5) is 0. The van der Waals surface area contributed by atoms with Crippen LogP contribution >= 0.6 is 0 Å². The molecule has 0 heterocycles. The van der Waals surface area contributed by atoms with E-state index in [9.17, 15) is 5.11 Å². The molecule has 1 nitrogen and oxygen atoms in total. The van der Waals surface area contributed by atoms with E-state index in [0.717, 1.165) is 0 Å². The largest absolute Gasteiger partial charge is 0.388 e. The van der Waals surface area contributed by atoms with Crippen molar-refractivity contribution in [3.8, 4) is 0 Å². The molecule has 1 aromatic rings. The third-order valence-corrected chi connectivity index (χ3v) is 4.41. The number of rotatable bonds is 4. The van der Waals surface area contributed by atoms with Crippen LogP contribution in [0.15, 0.2) is 24.3 Å². The number of aliphatic hydroxyl groups excluding tert-OH is 1. The summed E-state index contributed by atoms with van der Waals surface area (Å²) in [6, 6.07) is 8.46. The van der Waals surface area contributed by atoms with E-state index in [2.05, 4.69) is 39.0 Å². The van der Waals surface area contributed by atoms with Gasteiger partial charge < -0.3 is 5.11 Å². The van der Waals surface area contributed by atoms with E-state index < -0.39 is 0 Å². The highest BCUT2D eigenvalue weighted by atomic mass is 16.3. The quantitative estimate of drug-likeness (QED) is 0.821. The summed E-state index contributed by atoms with van der Waals surface area (Å²) in [6.07, 6.45) is 3.61. The Balaban J connectivity index is 2.24. The standard InChI is InChI=1S/C16H24O/c1-11(2)12(3)16(17)15-10-5-4-9-14(15)13-7-6-8-13/h4-5,9-13,16-17H,6-8H2,1-3H3. The summed E-state index contributed by atoms with van der Waals surface area (Å²) in [6.45, 7) is 6.51. The molecule has 1 saturated carbocycles. The van der Waals surface area contributed by atoms with Gasteiger partial charge in [0.25, 0.3) is 0 Å². The predicted octanol–water partition coefficient (Wildman–Crippen LogP) is 4.28. The highest BCUT2D eigenvalue weighted by Gasteiger charge is 2.27. The normalized spacial score (nSPS) is 20.1. The maximum absolute atomic E-state index is 10.5. The molecule has 2 atom stereocenters. The van der Waals surface area contributed by atoms with Gasteiger partial charge in [0, 0.05) is 0 Å². The molecule has 0 amide bonds. The number of benzene rings is 1. The molecule has 1 aliphatic carbocycles. The summed E-state index contributed by atoms with van der Waals surface area (Å²) in [7, 11) is 0. The fraction of sp³-hybridized carbons (Fsp3) is 0.625. The minimum absolute atomic E-state index is 0.313. The van der Waals surface area contributed by atoms with Crippen LogP contribution in [0.2, 0.25) is 0 Å².